The van der Waals surface area contributed by atoms with Gasteiger partial charge >= 0.3 is 5.97 Å². The van der Waals surface area contributed by atoms with Crippen molar-refractivity contribution in [3.05, 3.63) is 40.2 Å². The zero-order chi connectivity index (χ0) is 15.0. The molecule has 0 atom stereocenters. The number of carbonyl (C=O) groups is 1. The van der Waals surface area contributed by atoms with Gasteiger partial charge in [-0.1, -0.05) is 0 Å². The van der Waals surface area contributed by atoms with Crippen molar-refractivity contribution in [3.8, 4) is 0 Å². The van der Waals surface area contributed by atoms with E-state index >= 15 is 0 Å². The predicted molar refractivity (Wildman–Crippen MR) is 82.2 cm³/mol. The van der Waals surface area contributed by atoms with Crippen LogP contribution in [0.3, 0.4) is 0 Å². The molecule has 0 spiro atoms. The number of piperidine rings is 1. The predicted octanol–water partition coefficient (Wildman–Crippen LogP) is 2.23. The molecule has 1 aliphatic heterocycles. The fourth-order valence-electron chi connectivity index (χ4n) is 2.98. The Kier molecular flexibility index (Phi) is 3.41. The molecule has 1 fully saturated rings. The Morgan fingerprint density at radius 1 is 1.19 bits per heavy atom. The maximum atomic E-state index is 12.3. The van der Waals surface area contributed by atoms with Gasteiger partial charge in [0.25, 0.3) is 0 Å². The number of hydrogen-bond acceptors (Lipinski definition) is 3. The Morgan fingerprint density at radius 3 is 2.57 bits per heavy atom. The summed E-state index contributed by atoms with van der Waals surface area (Å²) in [6.07, 6.45) is 4.94. The number of fused-ring (bicyclic) bond motifs is 1. The largest absolute Gasteiger partial charge is 0.477 e. The Hall–Kier alpha value is -2.30. The number of aromatic nitrogens is 1. The molecule has 0 amide bonds. The molecule has 1 aromatic carbocycles. The van der Waals surface area contributed by atoms with Gasteiger partial charge in [-0.15, -0.1) is 0 Å². The summed E-state index contributed by atoms with van der Waals surface area (Å²) in [6, 6.07) is 5.73. The number of benzene rings is 1. The monoisotopic (exact) mass is 286 g/mol. The van der Waals surface area contributed by atoms with Gasteiger partial charge in [0.1, 0.15) is 5.56 Å². The Morgan fingerprint density at radius 2 is 1.90 bits per heavy atom. The first-order chi connectivity index (χ1) is 10.1. The Bertz CT molecular complexity index is 758. The quantitative estimate of drug-likeness (QED) is 0.919. The molecular formula is C16H18N2O3. The van der Waals surface area contributed by atoms with E-state index in [2.05, 4.69) is 4.90 Å². The van der Waals surface area contributed by atoms with Crippen LogP contribution in [-0.2, 0) is 7.05 Å². The molecule has 2 aromatic rings. The molecule has 0 aliphatic carbocycles. The zero-order valence-corrected chi connectivity index (χ0v) is 12.0. The van der Waals surface area contributed by atoms with E-state index in [1.807, 2.05) is 18.2 Å². The van der Waals surface area contributed by atoms with E-state index in [9.17, 15) is 9.59 Å². The number of aryl methyl sites for hydroxylation is 1. The maximum Gasteiger partial charge on any atom is 0.341 e. The Balaban J connectivity index is 2.17. The molecule has 21 heavy (non-hydrogen) atoms. The van der Waals surface area contributed by atoms with Crippen molar-refractivity contribution >= 4 is 22.6 Å². The molecule has 1 aromatic heterocycles. The lowest BCUT2D eigenvalue weighted by Gasteiger charge is -2.29. The minimum Gasteiger partial charge on any atom is -0.477 e. The minimum absolute atomic E-state index is 0.180. The van der Waals surface area contributed by atoms with Crippen LogP contribution in [0, 0.1) is 0 Å². The van der Waals surface area contributed by atoms with Crippen LogP contribution in [0.2, 0.25) is 0 Å². The summed E-state index contributed by atoms with van der Waals surface area (Å²) in [5.74, 6) is -1.18. The Labute approximate surface area is 122 Å². The van der Waals surface area contributed by atoms with Crippen LogP contribution in [0.1, 0.15) is 29.6 Å². The molecule has 5 heteroatoms. The highest BCUT2D eigenvalue weighted by molar-refractivity contribution is 5.93. The van der Waals surface area contributed by atoms with Crippen LogP contribution in [0.25, 0.3) is 10.9 Å². The van der Waals surface area contributed by atoms with Gasteiger partial charge in [0.05, 0.1) is 5.52 Å². The zero-order valence-electron chi connectivity index (χ0n) is 12.0. The lowest BCUT2D eigenvalue weighted by Crippen LogP contribution is -2.29. The molecule has 110 valence electrons. The first-order valence-corrected chi connectivity index (χ1v) is 7.19. The molecule has 1 saturated heterocycles. The molecule has 0 radical (unpaired) electrons. The van der Waals surface area contributed by atoms with Gasteiger partial charge < -0.3 is 14.6 Å². The molecule has 3 rings (SSSR count). The van der Waals surface area contributed by atoms with Crippen molar-refractivity contribution in [2.75, 3.05) is 18.0 Å². The lowest BCUT2D eigenvalue weighted by atomic mass is 10.1. The van der Waals surface area contributed by atoms with Crippen LogP contribution in [0.5, 0.6) is 0 Å². The van der Waals surface area contributed by atoms with Gasteiger partial charge in [-0.25, -0.2) is 4.79 Å². The average Bonchev–Trinajstić information content (AvgIpc) is 2.51. The summed E-state index contributed by atoms with van der Waals surface area (Å²) >= 11 is 0. The number of aromatic carboxylic acids is 1. The third kappa shape index (κ3) is 2.39. The van der Waals surface area contributed by atoms with Crippen LogP contribution < -0.4 is 10.3 Å². The van der Waals surface area contributed by atoms with Crippen LogP contribution in [-0.4, -0.2) is 28.7 Å². The third-order valence-electron chi connectivity index (χ3n) is 4.12. The normalized spacial score (nSPS) is 15.4. The van der Waals surface area contributed by atoms with Gasteiger partial charge in [-0.2, -0.15) is 0 Å². The van der Waals surface area contributed by atoms with E-state index in [0.717, 1.165) is 37.1 Å². The highest BCUT2D eigenvalue weighted by atomic mass is 16.4. The summed E-state index contributed by atoms with van der Waals surface area (Å²) < 4.78 is 1.69. The SMILES string of the molecule is Cn1cc(C(=O)O)c(=O)c2cc(N3CCCCC3)ccc21. The number of nitrogens with zero attached hydrogens (tertiary/aromatic N) is 2. The smallest absolute Gasteiger partial charge is 0.341 e. The fraction of sp³-hybridized carbons (Fsp3) is 0.375. The van der Waals surface area contributed by atoms with Crippen molar-refractivity contribution in [2.24, 2.45) is 7.05 Å². The molecule has 0 bridgehead atoms. The van der Waals surface area contributed by atoms with Gasteiger partial charge in [0.2, 0.25) is 5.43 Å². The first kappa shape index (κ1) is 13.7. The number of hydrogen-bond donors (Lipinski definition) is 1. The van der Waals surface area contributed by atoms with E-state index in [1.54, 1.807) is 11.6 Å². The number of carboxylic acid groups (broad SMARTS) is 1. The van der Waals surface area contributed by atoms with Gasteiger partial charge in [0, 0.05) is 37.4 Å². The van der Waals surface area contributed by atoms with Gasteiger partial charge in [-0.3, -0.25) is 4.79 Å². The number of anilines is 1. The summed E-state index contributed by atoms with van der Waals surface area (Å²) in [6.45, 7) is 1.98. The van der Waals surface area contributed by atoms with Gasteiger partial charge in [-0.05, 0) is 37.5 Å². The summed E-state index contributed by atoms with van der Waals surface area (Å²) in [4.78, 5) is 25.8. The van der Waals surface area contributed by atoms with Gasteiger partial charge in [0.15, 0.2) is 0 Å². The maximum absolute atomic E-state index is 12.3. The van der Waals surface area contributed by atoms with Crippen LogP contribution in [0.4, 0.5) is 5.69 Å². The standard InChI is InChI=1S/C16H18N2O3/c1-17-10-13(16(20)21)15(19)12-9-11(5-6-14(12)17)18-7-3-2-4-8-18/h5-6,9-10H,2-4,7-8H2,1H3,(H,20,21). The fourth-order valence-corrected chi connectivity index (χ4v) is 2.98. The van der Waals surface area contributed by atoms with Crippen molar-refractivity contribution in [2.45, 2.75) is 19.3 Å². The molecule has 0 saturated carbocycles. The minimum atomic E-state index is -1.18. The first-order valence-electron chi connectivity index (χ1n) is 7.19. The van der Waals surface area contributed by atoms with Crippen LogP contribution >= 0.6 is 0 Å². The van der Waals surface area contributed by atoms with E-state index in [-0.39, 0.29) is 5.56 Å². The van der Waals surface area contributed by atoms with Crippen molar-refractivity contribution in [1.82, 2.24) is 4.57 Å². The highest BCUT2D eigenvalue weighted by Crippen LogP contribution is 2.23. The number of carboxylic acids is 1. The van der Waals surface area contributed by atoms with Crippen molar-refractivity contribution < 1.29 is 9.90 Å². The van der Waals surface area contributed by atoms with Crippen molar-refractivity contribution in [1.29, 1.82) is 0 Å². The lowest BCUT2D eigenvalue weighted by molar-refractivity contribution is 0.0695. The highest BCUT2D eigenvalue weighted by Gasteiger charge is 2.16. The van der Waals surface area contributed by atoms with E-state index < -0.39 is 11.4 Å². The van der Waals surface area contributed by atoms with E-state index in [1.165, 1.54) is 12.6 Å². The molecule has 2 heterocycles. The second-order valence-electron chi connectivity index (χ2n) is 5.54. The third-order valence-corrected chi connectivity index (χ3v) is 4.12. The molecule has 1 N–H and O–H groups in total. The second kappa shape index (κ2) is 5.24. The number of pyridine rings is 1. The molecular weight excluding hydrogens is 268 g/mol. The van der Waals surface area contributed by atoms with E-state index in [0.29, 0.717) is 5.39 Å². The molecule has 5 nitrogen and oxygen atoms in total. The number of rotatable bonds is 2. The van der Waals surface area contributed by atoms with Crippen LogP contribution in [0.15, 0.2) is 29.2 Å². The average molecular weight is 286 g/mol. The summed E-state index contributed by atoms with van der Waals surface area (Å²) in [5, 5.41) is 9.62. The summed E-state index contributed by atoms with van der Waals surface area (Å²) in [5.41, 5.74) is 1.17. The van der Waals surface area contributed by atoms with Crippen molar-refractivity contribution in [3.63, 3.8) is 0 Å². The second-order valence-corrected chi connectivity index (χ2v) is 5.54. The summed E-state index contributed by atoms with van der Waals surface area (Å²) in [7, 11) is 1.76. The van der Waals surface area contributed by atoms with E-state index in [4.69, 9.17) is 5.11 Å². The topological polar surface area (TPSA) is 62.5 Å². The molecule has 0 unspecified atom stereocenters. The molecule has 1 aliphatic rings.